The summed E-state index contributed by atoms with van der Waals surface area (Å²) < 4.78 is 0. The summed E-state index contributed by atoms with van der Waals surface area (Å²) in [5.41, 5.74) is 2.62. The minimum Gasteiger partial charge on any atom is -0.352 e. The van der Waals surface area contributed by atoms with Crippen molar-refractivity contribution in [3.8, 4) is 0 Å². The predicted molar refractivity (Wildman–Crippen MR) is 96.8 cm³/mol. The minimum atomic E-state index is 0. The molecule has 0 unspecified atom stereocenters. The summed E-state index contributed by atoms with van der Waals surface area (Å²) in [4.78, 5) is 6.78. The Hall–Kier alpha value is -0.780. The highest BCUT2D eigenvalue weighted by Crippen LogP contribution is 2.16. The van der Waals surface area contributed by atoms with Crippen molar-refractivity contribution in [2.45, 2.75) is 33.2 Å². The molecule has 1 N–H and O–H groups in total. The maximum absolute atomic E-state index is 4.41. The van der Waals surface area contributed by atoms with E-state index in [2.05, 4.69) is 53.3 Å². The van der Waals surface area contributed by atoms with Crippen LogP contribution in [0.4, 0.5) is 0 Å². The molecule has 4 heteroatoms. The van der Waals surface area contributed by atoms with Gasteiger partial charge in [-0.2, -0.15) is 0 Å². The summed E-state index contributed by atoms with van der Waals surface area (Å²) in [5, 5.41) is 3.47. The molecule has 1 aliphatic rings. The van der Waals surface area contributed by atoms with E-state index in [4.69, 9.17) is 0 Å². The number of likely N-dealkylation sites (tertiary alicyclic amines) is 1. The molecule has 2 rings (SSSR count). The van der Waals surface area contributed by atoms with Crippen molar-refractivity contribution in [2.75, 3.05) is 20.1 Å². The Morgan fingerprint density at radius 3 is 2.65 bits per heavy atom. The third-order valence-electron chi connectivity index (χ3n) is 3.83. The molecule has 1 saturated heterocycles. The van der Waals surface area contributed by atoms with Gasteiger partial charge in [-0.3, -0.25) is 4.99 Å². The molecule has 20 heavy (non-hydrogen) atoms. The normalized spacial score (nSPS) is 16.8. The smallest absolute Gasteiger partial charge is 0.193 e. The van der Waals surface area contributed by atoms with Gasteiger partial charge in [0, 0.05) is 26.7 Å². The van der Waals surface area contributed by atoms with Gasteiger partial charge < -0.3 is 10.2 Å². The Kier molecular flexibility index (Phi) is 7.34. The summed E-state index contributed by atoms with van der Waals surface area (Å²) in [7, 11) is 1.87. The number of aryl methyl sites for hydroxylation is 1. The van der Waals surface area contributed by atoms with Gasteiger partial charge in [-0.15, -0.1) is 24.0 Å². The topological polar surface area (TPSA) is 27.6 Å². The van der Waals surface area contributed by atoms with Crippen LogP contribution in [0.1, 0.15) is 30.9 Å². The fourth-order valence-corrected chi connectivity index (χ4v) is 2.56. The molecule has 0 amide bonds. The van der Waals surface area contributed by atoms with Crippen LogP contribution in [0, 0.1) is 12.8 Å². The third kappa shape index (κ3) is 4.96. The van der Waals surface area contributed by atoms with Gasteiger partial charge in [0.15, 0.2) is 5.96 Å². The zero-order valence-electron chi connectivity index (χ0n) is 12.7. The second-order valence-corrected chi connectivity index (χ2v) is 5.56. The average Bonchev–Trinajstić information content (AvgIpc) is 2.41. The molecule has 3 nitrogen and oxygen atoms in total. The van der Waals surface area contributed by atoms with Crippen LogP contribution >= 0.6 is 24.0 Å². The van der Waals surface area contributed by atoms with Crippen LogP contribution in [0.25, 0.3) is 0 Å². The van der Waals surface area contributed by atoms with E-state index < -0.39 is 0 Å². The number of halogens is 1. The van der Waals surface area contributed by atoms with Crippen molar-refractivity contribution in [1.82, 2.24) is 10.2 Å². The largest absolute Gasteiger partial charge is 0.352 e. The number of hydrogen-bond donors (Lipinski definition) is 1. The van der Waals surface area contributed by atoms with E-state index in [1.807, 2.05) is 7.05 Å². The number of nitrogens with one attached hydrogen (secondary N) is 1. The molecule has 1 fully saturated rings. The number of benzene rings is 1. The molecule has 0 aromatic heterocycles. The summed E-state index contributed by atoms with van der Waals surface area (Å²) >= 11 is 0. The van der Waals surface area contributed by atoms with Gasteiger partial charge in [-0.25, -0.2) is 0 Å². The molecule has 1 heterocycles. The van der Waals surface area contributed by atoms with Crippen LogP contribution in [-0.4, -0.2) is 31.0 Å². The van der Waals surface area contributed by atoms with Gasteiger partial charge in [0.25, 0.3) is 0 Å². The number of nitrogens with zero attached hydrogens (tertiary/aromatic N) is 2. The Labute approximate surface area is 139 Å². The van der Waals surface area contributed by atoms with Crippen molar-refractivity contribution in [2.24, 2.45) is 10.9 Å². The molecule has 0 saturated carbocycles. The molecule has 1 aromatic rings. The van der Waals surface area contributed by atoms with Gasteiger partial charge in [-0.05, 0) is 31.2 Å². The fourth-order valence-electron chi connectivity index (χ4n) is 2.56. The highest BCUT2D eigenvalue weighted by Gasteiger charge is 2.18. The van der Waals surface area contributed by atoms with E-state index in [0.717, 1.165) is 31.5 Å². The second-order valence-electron chi connectivity index (χ2n) is 5.56. The number of hydrogen-bond acceptors (Lipinski definition) is 1. The van der Waals surface area contributed by atoms with Crippen LogP contribution in [0.5, 0.6) is 0 Å². The molecule has 0 bridgehead atoms. The zero-order chi connectivity index (χ0) is 13.7. The van der Waals surface area contributed by atoms with Crippen molar-refractivity contribution in [1.29, 1.82) is 0 Å². The van der Waals surface area contributed by atoms with Gasteiger partial charge in [0.2, 0.25) is 0 Å². The third-order valence-corrected chi connectivity index (χ3v) is 3.83. The van der Waals surface area contributed by atoms with Crippen LogP contribution in [0.3, 0.4) is 0 Å². The van der Waals surface area contributed by atoms with E-state index in [-0.39, 0.29) is 24.0 Å². The maximum atomic E-state index is 4.41. The number of aliphatic imine (C=N–C) groups is 1. The van der Waals surface area contributed by atoms with Crippen molar-refractivity contribution in [3.63, 3.8) is 0 Å². The molecule has 1 aliphatic heterocycles. The lowest BCUT2D eigenvalue weighted by molar-refractivity contribution is 0.273. The van der Waals surface area contributed by atoms with Gasteiger partial charge in [-0.1, -0.05) is 36.8 Å². The highest BCUT2D eigenvalue weighted by molar-refractivity contribution is 14.0. The Balaban J connectivity index is 0.00000200. The Bertz CT molecular complexity index is 437. The van der Waals surface area contributed by atoms with Crippen LogP contribution in [0.2, 0.25) is 0 Å². The van der Waals surface area contributed by atoms with E-state index in [1.165, 1.54) is 24.0 Å². The molecular formula is C16H26IN3. The van der Waals surface area contributed by atoms with Crippen molar-refractivity contribution in [3.05, 3.63) is 35.4 Å². The first kappa shape index (κ1) is 17.3. The molecule has 0 atom stereocenters. The first-order valence-corrected chi connectivity index (χ1v) is 7.20. The summed E-state index contributed by atoms with van der Waals surface area (Å²) in [5.74, 6) is 1.89. The lowest BCUT2D eigenvalue weighted by Crippen LogP contribution is -2.45. The number of guanidine groups is 1. The molecule has 1 aromatic carbocycles. The van der Waals surface area contributed by atoms with Crippen LogP contribution < -0.4 is 5.32 Å². The lowest BCUT2D eigenvalue weighted by Gasteiger charge is -2.32. The van der Waals surface area contributed by atoms with Crippen LogP contribution in [0.15, 0.2) is 29.3 Å². The molecule has 0 radical (unpaired) electrons. The SMILES string of the molecule is CN=C(NCc1cccc(C)c1)N1CCC(C)CC1.I. The fraction of sp³-hybridized carbons (Fsp3) is 0.562. The van der Waals surface area contributed by atoms with E-state index in [0.29, 0.717) is 0 Å². The van der Waals surface area contributed by atoms with Crippen LogP contribution in [-0.2, 0) is 6.54 Å². The predicted octanol–water partition coefficient (Wildman–Crippen LogP) is 3.42. The monoisotopic (exact) mass is 387 g/mol. The maximum Gasteiger partial charge on any atom is 0.193 e. The standard InChI is InChI=1S/C16H25N3.HI/c1-13-7-9-19(10-8-13)16(17-3)18-12-15-6-4-5-14(2)11-15;/h4-6,11,13H,7-10,12H2,1-3H3,(H,17,18);1H. The first-order chi connectivity index (χ1) is 9.19. The number of rotatable bonds is 2. The highest BCUT2D eigenvalue weighted by atomic mass is 127. The average molecular weight is 387 g/mol. The first-order valence-electron chi connectivity index (χ1n) is 7.20. The lowest BCUT2D eigenvalue weighted by atomic mass is 9.99. The Morgan fingerprint density at radius 2 is 2.05 bits per heavy atom. The van der Waals surface area contributed by atoms with E-state index >= 15 is 0 Å². The molecular weight excluding hydrogens is 361 g/mol. The number of piperidine rings is 1. The Morgan fingerprint density at radius 1 is 1.35 bits per heavy atom. The zero-order valence-corrected chi connectivity index (χ0v) is 15.1. The second kappa shape index (κ2) is 8.49. The summed E-state index contributed by atoms with van der Waals surface area (Å²) in [6.45, 7) is 7.55. The molecule has 0 spiro atoms. The van der Waals surface area contributed by atoms with E-state index in [9.17, 15) is 0 Å². The quantitative estimate of drug-likeness (QED) is 0.479. The summed E-state index contributed by atoms with van der Waals surface area (Å²) in [6, 6.07) is 8.62. The van der Waals surface area contributed by atoms with Gasteiger partial charge in [0.05, 0.1) is 0 Å². The van der Waals surface area contributed by atoms with Crippen molar-refractivity contribution >= 4 is 29.9 Å². The summed E-state index contributed by atoms with van der Waals surface area (Å²) in [6.07, 6.45) is 2.54. The van der Waals surface area contributed by atoms with Gasteiger partial charge >= 0.3 is 0 Å². The molecule has 112 valence electrons. The molecule has 0 aliphatic carbocycles. The van der Waals surface area contributed by atoms with Crippen molar-refractivity contribution < 1.29 is 0 Å². The van der Waals surface area contributed by atoms with Gasteiger partial charge in [0.1, 0.15) is 0 Å². The van der Waals surface area contributed by atoms with E-state index in [1.54, 1.807) is 0 Å². The minimum absolute atomic E-state index is 0.